The van der Waals surface area contributed by atoms with Crippen molar-refractivity contribution in [3.8, 4) is 0 Å². The van der Waals surface area contributed by atoms with Crippen molar-refractivity contribution < 1.29 is 9.66 Å². The number of nitro groups is 1. The summed E-state index contributed by atoms with van der Waals surface area (Å²) in [4.78, 5) is 23.7. The average Bonchev–Trinajstić information content (AvgIpc) is 2.50. The van der Waals surface area contributed by atoms with E-state index in [1.54, 1.807) is 0 Å². The number of nitrogens with one attached hydrogen (secondary N) is 1. The number of hydrogen-bond acceptors (Lipinski definition) is 8. The quantitative estimate of drug-likeness (QED) is 0.578. The summed E-state index contributed by atoms with van der Waals surface area (Å²) in [6.07, 6.45) is 1.36. The lowest BCUT2D eigenvalue weighted by atomic mass is 9.93. The fourth-order valence-corrected chi connectivity index (χ4v) is 3.48. The summed E-state index contributed by atoms with van der Waals surface area (Å²) in [6.45, 7) is 10.7. The summed E-state index contributed by atoms with van der Waals surface area (Å²) >= 11 is 0. The molecule has 26 heavy (non-hydrogen) atoms. The van der Waals surface area contributed by atoms with E-state index in [0.29, 0.717) is 25.5 Å². The topological polar surface area (TPSA) is 96.7 Å². The molecular formula is C17H30N6O3. The van der Waals surface area contributed by atoms with Crippen molar-refractivity contribution in [2.45, 2.75) is 39.9 Å². The molecule has 9 nitrogen and oxygen atoms in total. The van der Waals surface area contributed by atoms with Gasteiger partial charge in [0.05, 0.1) is 17.1 Å². The number of morpholine rings is 1. The third kappa shape index (κ3) is 5.25. The molecule has 0 bridgehead atoms. The standard InChI is InChI=1S/C17H30N6O3/c1-12-7-22(8-13(2)26-12)16-14(23(24)25)15(19-11-20-16)18-9-17(3,4)10-21(5)6/h11-13H,7-10H2,1-6H3,(H,18,19,20). The first-order valence-corrected chi connectivity index (χ1v) is 8.87. The molecule has 1 fully saturated rings. The van der Waals surface area contributed by atoms with E-state index in [9.17, 15) is 10.1 Å². The number of anilines is 2. The minimum absolute atomic E-state index is 0.0104. The molecule has 1 aliphatic rings. The third-order valence-electron chi connectivity index (χ3n) is 4.18. The smallest absolute Gasteiger partial charge is 0.353 e. The van der Waals surface area contributed by atoms with Crippen LogP contribution in [-0.4, -0.2) is 72.3 Å². The van der Waals surface area contributed by atoms with Gasteiger partial charge in [0, 0.05) is 26.2 Å². The van der Waals surface area contributed by atoms with Gasteiger partial charge in [-0.2, -0.15) is 0 Å². The van der Waals surface area contributed by atoms with Crippen molar-refractivity contribution in [2.75, 3.05) is 50.5 Å². The first-order chi connectivity index (χ1) is 12.1. The van der Waals surface area contributed by atoms with Crippen LogP contribution in [0.3, 0.4) is 0 Å². The number of ether oxygens (including phenoxy) is 1. The maximum Gasteiger partial charge on any atom is 0.353 e. The maximum atomic E-state index is 11.8. The molecule has 0 aromatic carbocycles. The number of aromatic nitrogens is 2. The predicted octanol–water partition coefficient (Wildman–Crippen LogP) is 2.00. The van der Waals surface area contributed by atoms with Gasteiger partial charge in [-0.1, -0.05) is 13.8 Å². The minimum atomic E-state index is -0.401. The molecule has 0 aliphatic carbocycles. The van der Waals surface area contributed by atoms with Gasteiger partial charge < -0.3 is 19.9 Å². The van der Waals surface area contributed by atoms with Crippen molar-refractivity contribution in [2.24, 2.45) is 5.41 Å². The highest BCUT2D eigenvalue weighted by atomic mass is 16.6. The lowest BCUT2D eigenvalue weighted by Crippen LogP contribution is -2.46. The fraction of sp³-hybridized carbons (Fsp3) is 0.765. The Labute approximate surface area is 154 Å². The van der Waals surface area contributed by atoms with Gasteiger partial charge in [0.15, 0.2) is 0 Å². The van der Waals surface area contributed by atoms with Crippen LogP contribution >= 0.6 is 0 Å². The van der Waals surface area contributed by atoms with Crippen molar-refractivity contribution >= 4 is 17.3 Å². The Bertz CT molecular complexity index is 627. The first-order valence-electron chi connectivity index (χ1n) is 8.87. The van der Waals surface area contributed by atoms with Crippen molar-refractivity contribution in [3.05, 3.63) is 16.4 Å². The lowest BCUT2D eigenvalue weighted by Gasteiger charge is -2.35. The van der Waals surface area contributed by atoms with Gasteiger partial charge in [0.25, 0.3) is 0 Å². The zero-order chi connectivity index (χ0) is 19.5. The van der Waals surface area contributed by atoms with E-state index < -0.39 is 4.92 Å². The van der Waals surface area contributed by atoms with Gasteiger partial charge in [-0.05, 0) is 33.4 Å². The summed E-state index contributed by atoms with van der Waals surface area (Å²) in [5.41, 5.74) is -0.140. The van der Waals surface area contributed by atoms with Gasteiger partial charge in [-0.15, -0.1) is 0 Å². The summed E-state index contributed by atoms with van der Waals surface area (Å²) in [5.74, 6) is 0.610. The van der Waals surface area contributed by atoms with E-state index in [-0.39, 0.29) is 29.1 Å². The molecule has 1 aliphatic heterocycles. The number of nitrogens with zero attached hydrogens (tertiary/aromatic N) is 5. The molecule has 2 heterocycles. The minimum Gasteiger partial charge on any atom is -0.372 e. The highest BCUT2D eigenvalue weighted by Gasteiger charge is 2.32. The predicted molar refractivity (Wildman–Crippen MR) is 102 cm³/mol. The molecule has 1 aromatic rings. The van der Waals surface area contributed by atoms with Crippen LogP contribution in [0.1, 0.15) is 27.7 Å². The SMILES string of the molecule is CC1CN(c2ncnc(NCC(C)(C)CN(C)C)c2[N+](=O)[O-])CC(C)O1. The Morgan fingerprint density at radius 2 is 1.96 bits per heavy atom. The molecule has 1 N–H and O–H groups in total. The van der Waals surface area contributed by atoms with Gasteiger partial charge in [-0.25, -0.2) is 9.97 Å². The Balaban J connectivity index is 2.26. The third-order valence-corrected chi connectivity index (χ3v) is 4.18. The Morgan fingerprint density at radius 3 is 2.50 bits per heavy atom. The normalized spacial score (nSPS) is 21.1. The molecule has 1 saturated heterocycles. The Kier molecular flexibility index (Phi) is 6.35. The Morgan fingerprint density at radius 1 is 1.35 bits per heavy atom. The zero-order valence-corrected chi connectivity index (χ0v) is 16.5. The molecule has 1 aromatic heterocycles. The fourth-order valence-electron chi connectivity index (χ4n) is 3.48. The van der Waals surface area contributed by atoms with E-state index >= 15 is 0 Å². The van der Waals surface area contributed by atoms with Crippen molar-refractivity contribution in [1.29, 1.82) is 0 Å². The lowest BCUT2D eigenvalue weighted by molar-refractivity contribution is -0.383. The number of rotatable bonds is 7. The number of hydrogen-bond donors (Lipinski definition) is 1. The highest BCUT2D eigenvalue weighted by molar-refractivity contribution is 5.70. The second-order valence-electron chi connectivity index (χ2n) is 8.07. The summed E-state index contributed by atoms with van der Waals surface area (Å²) < 4.78 is 5.72. The molecule has 2 atom stereocenters. The van der Waals surface area contributed by atoms with E-state index in [0.717, 1.165) is 6.54 Å². The maximum absolute atomic E-state index is 11.8. The molecular weight excluding hydrogens is 336 g/mol. The van der Waals surface area contributed by atoms with Crippen LogP contribution in [0.4, 0.5) is 17.3 Å². The molecule has 0 spiro atoms. The van der Waals surface area contributed by atoms with Crippen LogP contribution in [0.5, 0.6) is 0 Å². The van der Waals surface area contributed by atoms with Gasteiger partial charge >= 0.3 is 5.69 Å². The van der Waals surface area contributed by atoms with E-state index in [4.69, 9.17) is 4.74 Å². The molecule has 2 unspecified atom stereocenters. The molecule has 0 radical (unpaired) electrons. The highest BCUT2D eigenvalue weighted by Crippen LogP contribution is 2.34. The zero-order valence-electron chi connectivity index (χ0n) is 16.5. The van der Waals surface area contributed by atoms with Crippen LogP contribution < -0.4 is 10.2 Å². The van der Waals surface area contributed by atoms with E-state index in [1.165, 1.54) is 6.33 Å². The monoisotopic (exact) mass is 366 g/mol. The van der Waals surface area contributed by atoms with E-state index in [1.807, 2.05) is 32.8 Å². The van der Waals surface area contributed by atoms with Gasteiger partial charge in [-0.3, -0.25) is 10.1 Å². The van der Waals surface area contributed by atoms with Crippen LogP contribution in [0, 0.1) is 15.5 Å². The molecule has 0 amide bonds. The van der Waals surface area contributed by atoms with Crippen molar-refractivity contribution in [1.82, 2.24) is 14.9 Å². The van der Waals surface area contributed by atoms with Gasteiger partial charge in [0.2, 0.25) is 11.6 Å². The first kappa shape index (κ1) is 20.3. The Hall–Kier alpha value is -2.00. The summed E-state index contributed by atoms with van der Waals surface area (Å²) in [7, 11) is 4.02. The molecule has 0 saturated carbocycles. The second-order valence-corrected chi connectivity index (χ2v) is 8.07. The van der Waals surface area contributed by atoms with E-state index in [2.05, 4.69) is 34.0 Å². The van der Waals surface area contributed by atoms with Crippen LogP contribution in [-0.2, 0) is 4.74 Å². The summed E-state index contributed by atoms with van der Waals surface area (Å²) in [5, 5.41) is 14.9. The average molecular weight is 366 g/mol. The summed E-state index contributed by atoms with van der Waals surface area (Å²) in [6, 6.07) is 0. The largest absolute Gasteiger partial charge is 0.372 e. The second kappa shape index (κ2) is 8.13. The van der Waals surface area contributed by atoms with Crippen LogP contribution in [0.2, 0.25) is 0 Å². The van der Waals surface area contributed by atoms with Crippen LogP contribution in [0.25, 0.3) is 0 Å². The molecule has 9 heteroatoms. The molecule has 2 rings (SSSR count). The van der Waals surface area contributed by atoms with Gasteiger partial charge in [0.1, 0.15) is 6.33 Å². The van der Waals surface area contributed by atoms with Crippen molar-refractivity contribution in [3.63, 3.8) is 0 Å². The molecule has 146 valence electrons. The van der Waals surface area contributed by atoms with Crippen LogP contribution in [0.15, 0.2) is 6.33 Å².